The fourth-order valence-corrected chi connectivity index (χ4v) is 3.95. The minimum atomic E-state index is -1.05. The Hall–Kier alpha value is -2.99. The standard InChI is InChI=1S/C22H24Cl2N6O4S/c1-2-29-27-25-20(35)30(29,22(32)33-16-17-6-4-3-5-7-17)26-21(31)34-19-10-8-18(9-11-19)28(14-12-23)15-13-24/h3-11H,2,12-16H2,1H3/p+1. The number of rotatable bonds is 9. The van der Waals surface area contributed by atoms with Gasteiger partial charge in [-0.15, -0.1) is 28.6 Å². The molecule has 35 heavy (non-hydrogen) atoms. The van der Waals surface area contributed by atoms with Gasteiger partial charge in [0.2, 0.25) is 0 Å². The molecule has 0 aliphatic carbocycles. The van der Waals surface area contributed by atoms with Crippen molar-refractivity contribution in [1.82, 2.24) is 10.5 Å². The lowest BCUT2D eigenvalue weighted by Crippen LogP contribution is -2.70. The van der Waals surface area contributed by atoms with Crippen LogP contribution in [-0.4, -0.2) is 58.5 Å². The summed E-state index contributed by atoms with van der Waals surface area (Å²) in [6, 6.07) is 15.9. The van der Waals surface area contributed by atoms with Crippen LogP contribution in [0.4, 0.5) is 15.3 Å². The number of hydrogen-bond donors (Lipinski definition) is 1. The Morgan fingerprint density at radius 3 is 2.34 bits per heavy atom. The van der Waals surface area contributed by atoms with Gasteiger partial charge < -0.3 is 14.4 Å². The molecule has 0 aromatic heterocycles. The van der Waals surface area contributed by atoms with E-state index in [1.165, 1.54) is 5.12 Å². The van der Waals surface area contributed by atoms with E-state index in [1.807, 2.05) is 23.1 Å². The summed E-state index contributed by atoms with van der Waals surface area (Å²) in [5.41, 5.74) is 4.10. The van der Waals surface area contributed by atoms with Crippen LogP contribution in [0, 0.1) is 0 Å². The van der Waals surface area contributed by atoms with E-state index < -0.39 is 16.9 Å². The summed E-state index contributed by atoms with van der Waals surface area (Å²) in [6.07, 6.45) is -1.82. The van der Waals surface area contributed by atoms with E-state index in [0.29, 0.717) is 24.8 Å². The number of anilines is 1. The first-order valence-electron chi connectivity index (χ1n) is 10.8. The smallest absolute Gasteiger partial charge is 0.411 e. The van der Waals surface area contributed by atoms with Crippen molar-refractivity contribution in [3.05, 3.63) is 60.2 Å². The number of carbonyl (C=O) groups is 2. The molecule has 0 spiro atoms. The van der Waals surface area contributed by atoms with Crippen LogP contribution >= 0.6 is 35.4 Å². The Balaban J connectivity index is 1.72. The molecule has 1 aliphatic heterocycles. The van der Waals surface area contributed by atoms with E-state index in [2.05, 4.69) is 15.8 Å². The van der Waals surface area contributed by atoms with Crippen LogP contribution in [-0.2, 0) is 11.3 Å². The third-order valence-corrected chi connectivity index (χ3v) is 5.67. The summed E-state index contributed by atoms with van der Waals surface area (Å²) in [4.78, 5) is 28.0. The molecule has 13 heteroatoms. The lowest BCUT2D eigenvalue weighted by Gasteiger charge is -2.30. The Kier molecular flexibility index (Phi) is 9.61. The predicted octanol–water partition coefficient (Wildman–Crippen LogP) is 5.03. The van der Waals surface area contributed by atoms with Crippen molar-refractivity contribution in [3.8, 4) is 5.75 Å². The van der Waals surface area contributed by atoms with E-state index >= 15 is 0 Å². The number of ether oxygens (including phenoxy) is 2. The topological polar surface area (TPSA) is 95.8 Å². The van der Waals surface area contributed by atoms with Gasteiger partial charge in [0.15, 0.2) is 0 Å². The third kappa shape index (κ3) is 6.37. The van der Waals surface area contributed by atoms with E-state index in [9.17, 15) is 9.59 Å². The maximum Gasteiger partial charge on any atom is 0.577 e. The van der Waals surface area contributed by atoms with Crippen LogP contribution in [0.15, 0.2) is 64.9 Å². The lowest BCUT2D eigenvalue weighted by molar-refractivity contribution is -0.920. The van der Waals surface area contributed by atoms with Gasteiger partial charge in [-0.05, 0) is 42.0 Å². The van der Waals surface area contributed by atoms with Gasteiger partial charge in [0.25, 0.3) is 0 Å². The van der Waals surface area contributed by atoms with Gasteiger partial charge in [-0.1, -0.05) is 40.6 Å². The number of thiocarbonyl (C=S) groups is 1. The van der Waals surface area contributed by atoms with Crippen molar-refractivity contribution in [2.45, 2.75) is 13.5 Å². The van der Waals surface area contributed by atoms with Gasteiger partial charge in [-0.25, -0.2) is 4.79 Å². The summed E-state index contributed by atoms with van der Waals surface area (Å²) in [6.45, 7) is 3.15. The zero-order valence-electron chi connectivity index (χ0n) is 19.0. The molecule has 2 aromatic carbocycles. The molecule has 0 radical (unpaired) electrons. The second-order valence-electron chi connectivity index (χ2n) is 7.20. The number of carbonyl (C=O) groups excluding carboxylic acids is 2. The molecule has 2 amide bonds. The summed E-state index contributed by atoms with van der Waals surface area (Å²) in [7, 11) is 0. The van der Waals surface area contributed by atoms with Gasteiger partial charge >= 0.3 is 17.3 Å². The second-order valence-corrected chi connectivity index (χ2v) is 8.32. The van der Waals surface area contributed by atoms with Gasteiger partial charge in [-0.3, -0.25) is 0 Å². The van der Waals surface area contributed by atoms with Crippen LogP contribution in [0.5, 0.6) is 5.75 Å². The predicted molar refractivity (Wildman–Crippen MR) is 136 cm³/mol. The Morgan fingerprint density at radius 2 is 1.74 bits per heavy atom. The number of nitrogens with one attached hydrogen (secondary N) is 1. The van der Waals surface area contributed by atoms with Crippen LogP contribution in [0.2, 0.25) is 0 Å². The molecule has 10 nitrogen and oxygen atoms in total. The fourth-order valence-electron chi connectivity index (χ4n) is 3.29. The van der Waals surface area contributed by atoms with Crippen molar-refractivity contribution in [2.24, 2.45) is 10.3 Å². The molecular weight excluding hydrogens is 515 g/mol. The summed E-state index contributed by atoms with van der Waals surface area (Å²) >= 11 is 17.0. The zero-order chi connectivity index (χ0) is 25.3. The third-order valence-electron chi connectivity index (χ3n) is 4.98. The number of benzene rings is 2. The van der Waals surface area contributed by atoms with Crippen LogP contribution < -0.4 is 15.1 Å². The minimum Gasteiger partial charge on any atom is -0.411 e. The minimum absolute atomic E-state index is 0.0286. The number of alkyl halides is 2. The van der Waals surface area contributed by atoms with Gasteiger partial charge in [0.05, 0.1) is 11.2 Å². The number of nitrogens with zero attached hydrogens (tertiary/aromatic N) is 5. The maximum absolute atomic E-state index is 13.2. The second kappa shape index (κ2) is 12.6. The summed E-state index contributed by atoms with van der Waals surface area (Å²) < 4.78 is 9.79. The van der Waals surface area contributed by atoms with E-state index in [4.69, 9.17) is 44.9 Å². The van der Waals surface area contributed by atoms with Crippen LogP contribution in [0.3, 0.4) is 0 Å². The molecule has 3 rings (SSSR count). The summed E-state index contributed by atoms with van der Waals surface area (Å²) in [5.74, 6) is 1.14. The highest BCUT2D eigenvalue weighted by atomic mass is 35.5. The molecule has 2 aromatic rings. The van der Waals surface area contributed by atoms with Crippen LogP contribution in [0.1, 0.15) is 12.5 Å². The lowest BCUT2D eigenvalue weighted by atomic mass is 10.2. The number of amides is 2. The Morgan fingerprint density at radius 1 is 1.09 bits per heavy atom. The monoisotopic (exact) mass is 539 g/mol. The highest BCUT2D eigenvalue weighted by Crippen LogP contribution is 2.24. The van der Waals surface area contributed by atoms with Gasteiger partial charge in [0, 0.05) is 42.8 Å². The van der Waals surface area contributed by atoms with Gasteiger partial charge in [0.1, 0.15) is 12.4 Å². The molecule has 1 N–H and O–H groups in total. The number of halogens is 2. The Bertz CT molecular complexity index is 1050. The van der Waals surface area contributed by atoms with Crippen molar-refractivity contribution < 1.29 is 23.8 Å². The largest absolute Gasteiger partial charge is 0.577 e. The molecule has 0 bridgehead atoms. The molecule has 1 atom stereocenters. The molecule has 0 saturated heterocycles. The fraction of sp³-hybridized carbons (Fsp3) is 0.318. The van der Waals surface area contributed by atoms with Crippen molar-refractivity contribution in [2.75, 3.05) is 36.3 Å². The first kappa shape index (κ1) is 26.6. The first-order valence-corrected chi connectivity index (χ1v) is 12.2. The Labute approximate surface area is 218 Å². The van der Waals surface area contributed by atoms with Crippen LogP contribution in [0.25, 0.3) is 0 Å². The van der Waals surface area contributed by atoms with E-state index in [1.54, 1.807) is 43.3 Å². The van der Waals surface area contributed by atoms with Crippen molar-refractivity contribution in [3.63, 3.8) is 0 Å². The molecule has 0 saturated carbocycles. The average molecular weight is 540 g/mol. The highest BCUT2D eigenvalue weighted by molar-refractivity contribution is 7.80. The molecule has 186 valence electrons. The van der Waals surface area contributed by atoms with Gasteiger partial charge in [-0.2, -0.15) is 4.79 Å². The molecule has 1 aliphatic rings. The average Bonchev–Trinajstić information content (AvgIpc) is 3.19. The first-order chi connectivity index (χ1) is 16.9. The molecular formula is C22H25Cl2N6O4S+. The zero-order valence-corrected chi connectivity index (χ0v) is 21.3. The quantitative estimate of drug-likeness (QED) is 0.271. The molecule has 1 heterocycles. The SMILES string of the molecule is CCN1N=NC(=S)[N+]1(NC(=O)Oc1ccc(N(CCCl)CCCl)cc1)C(=O)OCc1ccccc1. The normalized spacial score (nSPS) is 16.8. The molecule has 0 fully saturated rings. The summed E-state index contributed by atoms with van der Waals surface area (Å²) in [5, 5.41) is 8.66. The number of hydrogen-bond acceptors (Lipinski definition) is 8. The molecule has 1 unspecified atom stereocenters. The van der Waals surface area contributed by atoms with E-state index in [0.717, 1.165) is 11.3 Å². The maximum atomic E-state index is 13.2. The van der Waals surface area contributed by atoms with Crippen molar-refractivity contribution in [1.29, 1.82) is 0 Å². The highest BCUT2D eigenvalue weighted by Gasteiger charge is 2.57. The van der Waals surface area contributed by atoms with Crippen molar-refractivity contribution >= 4 is 58.4 Å². The number of quaternary nitrogens is 1. The van der Waals surface area contributed by atoms with E-state index in [-0.39, 0.29) is 24.0 Å².